The minimum absolute atomic E-state index is 0.139. The van der Waals surface area contributed by atoms with Crippen LogP contribution in [0.1, 0.15) is 24.1 Å². The lowest BCUT2D eigenvalue weighted by atomic mass is 9.94. The molecule has 0 spiro atoms. The van der Waals surface area contributed by atoms with Gasteiger partial charge in [0.1, 0.15) is 11.6 Å². The maximum atomic E-state index is 14.2. The lowest BCUT2D eigenvalue weighted by Crippen LogP contribution is -2.43. The summed E-state index contributed by atoms with van der Waals surface area (Å²) in [5.74, 6) is 1.24. The van der Waals surface area contributed by atoms with Crippen LogP contribution in [0.15, 0.2) is 29.1 Å². The van der Waals surface area contributed by atoms with Crippen LogP contribution in [0, 0.1) is 11.7 Å². The highest BCUT2D eigenvalue weighted by atomic mass is 32.1. The molecule has 0 amide bonds. The van der Waals surface area contributed by atoms with Gasteiger partial charge in [-0.15, -0.1) is 11.3 Å². The van der Waals surface area contributed by atoms with Crippen LogP contribution < -0.4 is 4.74 Å². The Bertz CT molecular complexity index is 709. The third kappa shape index (κ3) is 3.86. The minimum Gasteiger partial charge on any atom is -0.497 e. The molecule has 0 saturated carbocycles. The molecule has 6 heteroatoms. The molecule has 4 nitrogen and oxygen atoms in total. The first-order valence-electron chi connectivity index (χ1n) is 8.87. The van der Waals surface area contributed by atoms with Gasteiger partial charge in [-0.2, -0.15) is 0 Å². The third-order valence-electron chi connectivity index (χ3n) is 5.40. The predicted octanol–water partition coefficient (Wildman–Crippen LogP) is 3.39. The van der Waals surface area contributed by atoms with Gasteiger partial charge in [0, 0.05) is 49.7 Å². The lowest BCUT2D eigenvalue weighted by Gasteiger charge is -2.36. The lowest BCUT2D eigenvalue weighted by molar-refractivity contribution is 0.121. The van der Waals surface area contributed by atoms with Crippen LogP contribution in [0.4, 0.5) is 4.39 Å². The maximum Gasteiger partial charge on any atom is 0.127 e. The van der Waals surface area contributed by atoms with Crippen molar-refractivity contribution in [2.45, 2.75) is 32.0 Å². The van der Waals surface area contributed by atoms with Crippen molar-refractivity contribution in [2.24, 2.45) is 5.92 Å². The molecule has 134 valence electrons. The number of piperidine rings is 1. The van der Waals surface area contributed by atoms with Gasteiger partial charge in [0.25, 0.3) is 0 Å². The molecule has 0 aliphatic carbocycles. The Morgan fingerprint density at radius 3 is 2.96 bits per heavy atom. The number of methoxy groups -OCH3 is 1. The Morgan fingerprint density at radius 1 is 1.24 bits per heavy atom. The van der Waals surface area contributed by atoms with Crippen LogP contribution in [0.2, 0.25) is 0 Å². The van der Waals surface area contributed by atoms with Crippen molar-refractivity contribution in [3.8, 4) is 5.75 Å². The van der Waals surface area contributed by atoms with Gasteiger partial charge in [-0.3, -0.25) is 9.80 Å². The molecule has 3 aliphatic heterocycles. The van der Waals surface area contributed by atoms with Gasteiger partial charge in [-0.05, 0) is 37.0 Å². The number of hydrogen-bond acceptors (Lipinski definition) is 5. The Kier molecular flexibility index (Phi) is 5.01. The van der Waals surface area contributed by atoms with Crippen molar-refractivity contribution in [3.05, 3.63) is 46.2 Å². The highest BCUT2D eigenvalue weighted by Gasteiger charge is 2.35. The number of halogens is 1. The van der Waals surface area contributed by atoms with Crippen LogP contribution in [0.3, 0.4) is 0 Å². The molecular weight excluding hydrogens is 337 g/mol. The molecule has 2 bridgehead atoms. The first-order valence-corrected chi connectivity index (χ1v) is 9.81. The van der Waals surface area contributed by atoms with Crippen molar-refractivity contribution in [2.75, 3.05) is 26.7 Å². The van der Waals surface area contributed by atoms with Gasteiger partial charge in [-0.1, -0.05) is 0 Å². The predicted molar refractivity (Wildman–Crippen MR) is 97.3 cm³/mol. The van der Waals surface area contributed by atoms with E-state index >= 15 is 0 Å². The molecule has 0 radical (unpaired) electrons. The fourth-order valence-corrected chi connectivity index (χ4v) is 4.71. The van der Waals surface area contributed by atoms with Crippen LogP contribution in [-0.2, 0) is 13.1 Å². The zero-order valence-electron chi connectivity index (χ0n) is 14.5. The summed E-state index contributed by atoms with van der Waals surface area (Å²) in [5.41, 5.74) is 3.80. The summed E-state index contributed by atoms with van der Waals surface area (Å²) in [4.78, 5) is 9.42. The quantitative estimate of drug-likeness (QED) is 0.816. The van der Waals surface area contributed by atoms with Crippen LogP contribution in [-0.4, -0.2) is 47.6 Å². The molecule has 3 fully saturated rings. The normalized spacial score (nSPS) is 24.4. The molecule has 4 heterocycles. The molecule has 2 atom stereocenters. The molecule has 1 aromatic heterocycles. The van der Waals surface area contributed by atoms with Gasteiger partial charge >= 0.3 is 0 Å². The van der Waals surface area contributed by atoms with Crippen molar-refractivity contribution in [1.82, 2.24) is 14.8 Å². The summed E-state index contributed by atoms with van der Waals surface area (Å²) in [7, 11) is 1.63. The van der Waals surface area contributed by atoms with Gasteiger partial charge < -0.3 is 4.74 Å². The van der Waals surface area contributed by atoms with E-state index in [1.165, 1.54) is 18.9 Å². The number of ether oxygens (including phenoxy) is 1. The van der Waals surface area contributed by atoms with E-state index < -0.39 is 0 Å². The minimum atomic E-state index is -0.139. The van der Waals surface area contributed by atoms with Gasteiger partial charge in [-0.25, -0.2) is 9.37 Å². The molecule has 2 aromatic rings. The van der Waals surface area contributed by atoms with Crippen LogP contribution in [0.25, 0.3) is 0 Å². The molecule has 0 unspecified atom stereocenters. The van der Waals surface area contributed by atoms with E-state index in [9.17, 15) is 4.39 Å². The Balaban J connectivity index is 1.47. The Labute approximate surface area is 152 Å². The van der Waals surface area contributed by atoms with Crippen molar-refractivity contribution >= 4 is 11.3 Å². The van der Waals surface area contributed by atoms with E-state index in [-0.39, 0.29) is 5.82 Å². The summed E-state index contributed by atoms with van der Waals surface area (Å²) in [6.45, 7) is 4.80. The molecular formula is C19H24FN3OS. The zero-order valence-corrected chi connectivity index (χ0v) is 15.3. The maximum absolute atomic E-state index is 14.2. The standard InChI is InChI=1S/C19H24FN3OS/c1-24-18-4-5-19(20)15(6-18)9-23-8-14-2-3-17(23)11-22(7-14)10-16-12-25-13-21-16/h4-6,12-14,17H,2-3,7-11H2,1H3/t14-,17+/m0/s1. The number of nitrogens with zero attached hydrogens (tertiary/aromatic N) is 3. The van der Waals surface area contributed by atoms with E-state index in [1.54, 1.807) is 24.5 Å². The second-order valence-electron chi connectivity index (χ2n) is 7.16. The van der Waals surface area contributed by atoms with Crippen LogP contribution in [0.5, 0.6) is 5.75 Å². The number of fused-ring (bicyclic) bond motifs is 4. The highest BCUT2D eigenvalue weighted by molar-refractivity contribution is 7.07. The molecule has 1 aromatic carbocycles. The van der Waals surface area contributed by atoms with Crippen molar-refractivity contribution < 1.29 is 9.13 Å². The fraction of sp³-hybridized carbons (Fsp3) is 0.526. The molecule has 25 heavy (non-hydrogen) atoms. The van der Waals surface area contributed by atoms with Gasteiger partial charge in [0.2, 0.25) is 0 Å². The van der Waals surface area contributed by atoms with Crippen molar-refractivity contribution in [3.63, 3.8) is 0 Å². The fourth-order valence-electron chi connectivity index (χ4n) is 4.16. The number of hydrogen-bond donors (Lipinski definition) is 0. The average Bonchev–Trinajstić information content (AvgIpc) is 2.97. The summed E-state index contributed by atoms with van der Waals surface area (Å²) >= 11 is 1.66. The summed E-state index contributed by atoms with van der Waals surface area (Å²) in [6, 6.07) is 5.52. The number of thiazole rings is 1. The Hall–Kier alpha value is -1.50. The van der Waals surface area contributed by atoms with Gasteiger partial charge in [0.05, 0.1) is 18.3 Å². The largest absolute Gasteiger partial charge is 0.497 e. The van der Waals surface area contributed by atoms with E-state index in [1.807, 2.05) is 11.6 Å². The van der Waals surface area contributed by atoms with E-state index in [4.69, 9.17) is 4.74 Å². The molecule has 0 N–H and O–H groups in total. The number of rotatable bonds is 5. The third-order valence-corrected chi connectivity index (χ3v) is 6.03. The van der Waals surface area contributed by atoms with E-state index in [0.717, 1.165) is 43.2 Å². The average molecular weight is 361 g/mol. The van der Waals surface area contributed by atoms with Crippen molar-refractivity contribution in [1.29, 1.82) is 0 Å². The van der Waals surface area contributed by atoms with Gasteiger partial charge in [0.15, 0.2) is 0 Å². The number of benzene rings is 1. The zero-order chi connectivity index (χ0) is 17.2. The molecule has 3 aliphatic rings. The first-order chi connectivity index (χ1) is 12.2. The Morgan fingerprint density at radius 2 is 2.16 bits per heavy atom. The smallest absolute Gasteiger partial charge is 0.127 e. The second-order valence-corrected chi connectivity index (χ2v) is 7.88. The highest BCUT2D eigenvalue weighted by Crippen LogP contribution is 2.31. The van der Waals surface area contributed by atoms with E-state index in [0.29, 0.717) is 18.5 Å². The summed E-state index contributed by atoms with van der Waals surface area (Å²) in [5, 5.41) is 2.14. The number of aromatic nitrogens is 1. The van der Waals surface area contributed by atoms with E-state index in [2.05, 4.69) is 20.2 Å². The van der Waals surface area contributed by atoms with Crippen LogP contribution >= 0.6 is 11.3 Å². The topological polar surface area (TPSA) is 28.6 Å². The molecule has 3 saturated heterocycles. The summed E-state index contributed by atoms with van der Waals surface area (Å²) < 4.78 is 19.5. The summed E-state index contributed by atoms with van der Waals surface area (Å²) in [6.07, 6.45) is 2.47. The first kappa shape index (κ1) is 16.9. The SMILES string of the molecule is COc1ccc(F)c(CN2C[C@H]3CC[C@@H]2CN(Cc2cscn2)C3)c1. The second kappa shape index (κ2) is 7.40. The molecule has 5 rings (SSSR count). The monoisotopic (exact) mass is 361 g/mol.